The van der Waals surface area contributed by atoms with Gasteiger partial charge in [-0.2, -0.15) is 0 Å². The first-order valence-corrected chi connectivity index (χ1v) is 8.40. The number of para-hydroxylation sites is 1. The van der Waals surface area contributed by atoms with E-state index in [-0.39, 0.29) is 18.6 Å². The molecule has 0 spiro atoms. The van der Waals surface area contributed by atoms with Crippen LogP contribution in [-0.2, 0) is 14.3 Å². The van der Waals surface area contributed by atoms with Gasteiger partial charge in [0.1, 0.15) is 5.01 Å². The third kappa shape index (κ3) is 5.49. The van der Waals surface area contributed by atoms with Crippen LogP contribution in [0.4, 0.5) is 0 Å². The second-order valence-corrected chi connectivity index (χ2v) is 6.28. The quantitative estimate of drug-likeness (QED) is 0.625. The Balaban J connectivity index is 1.81. The molecule has 0 saturated heterocycles. The Hall–Kier alpha value is -2.21. The monoisotopic (exact) mass is 332 g/mol. The van der Waals surface area contributed by atoms with Crippen LogP contribution in [0.15, 0.2) is 30.3 Å². The molecule has 1 N–H and O–H groups in total. The van der Waals surface area contributed by atoms with Gasteiger partial charge in [-0.05, 0) is 31.6 Å². The standard InChI is InChI=1S/C17H20N2O3S/c1-3-6-12(2)18-15(20)11-22-17(21)10-9-16-19-13-7-4-5-8-14(13)23-16/h4-5,7-10,12H,3,6,11H2,1-2H3,(H,18,20)/b10-9+/t12-/m1/s1. The molecular formula is C17H20N2O3S. The molecule has 0 saturated carbocycles. The maximum absolute atomic E-state index is 11.6. The highest BCUT2D eigenvalue weighted by atomic mass is 32.1. The molecule has 1 atom stereocenters. The molecule has 0 aliphatic rings. The van der Waals surface area contributed by atoms with E-state index in [1.165, 1.54) is 17.4 Å². The predicted molar refractivity (Wildman–Crippen MR) is 92.1 cm³/mol. The molecule has 1 heterocycles. The Bertz CT molecular complexity index is 676. The SMILES string of the molecule is CCC[C@@H](C)NC(=O)COC(=O)/C=C/c1nc2ccccc2s1. The summed E-state index contributed by atoms with van der Waals surface area (Å²) in [7, 11) is 0. The first kappa shape index (κ1) is 17.1. The van der Waals surface area contributed by atoms with Crippen molar-refractivity contribution in [2.45, 2.75) is 32.7 Å². The van der Waals surface area contributed by atoms with E-state index >= 15 is 0 Å². The van der Waals surface area contributed by atoms with Crippen LogP contribution in [0.1, 0.15) is 31.7 Å². The van der Waals surface area contributed by atoms with Crippen molar-refractivity contribution in [3.05, 3.63) is 35.3 Å². The summed E-state index contributed by atoms with van der Waals surface area (Å²) in [5.74, 6) is -0.838. The van der Waals surface area contributed by atoms with Gasteiger partial charge in [0.2, 0.25) is 0 Å². The number of nitrogens with zero attached hydrogens (tertiary/aromatic N) is 1. The van der Waals surface area contributed by atoms with Crippen LogP contribution < -0.4 is 5.32 Å². The van der Waals surface area contributed by atoms with Gasteiger partial charge >= 0.3 is 5.97 Å². The number of hydrogen-bond donors (Lipinski definition) is 1. The summed E-state index contributed by atoms with van der Waals surface area (Å²) < 4.78 is 5.98. The Kier molecular flexibility index (Phi) is 6.29. The summed E-state index contributed by atoms with van der Waals surface area (Å²) >= 11 is 1.49. The van der Waals surface area contributed by atoms with Gasteiger partial charge in [0.05, 0.1) is 10.2 Å². The third-order valence-electron chi connectivity index (χ3n) is 3.15. The number of carbonyl (C=O) groups excluding carboxylic acids is 2. The maximum atomic E-state index is 11.6. The summed E-state index contributed by atoms with van der Waals surface area (Å²) in [4.78, 5) is 27.6. The van der Waals surface area contributed by atoms with E-state index in [1.807, 2.05) is 31.2 Å². The molecule has 0 aliphatic heterocycles. The number of carbonyl (C=O) groups is 2. The minimum atomic E-state index is -0.553. The number of nitrogens with one attached hydrogen (secondary N) is 1. The zero-order valence-corrected chi connectivity index (χ0v) is 14.1. The van der Waals surface area contributed by atoms with Crippen LogP contribution in [0.5, 0.6) is 0 Å². The highest BCUT2D eigenvalue weighted by Crippen LogP contribution is 2.22. The van der Waals surface area contributed by atoms with E-state index in [1.54, 1.807) is 6.08 Å². The van der Waals surface area contributed by atoms with E-state index in [0.717, 1.165) is 28.1 Å². The summed E-state index contributed by atoms with van der Waals surface area (Å²) in [6, 6.07) is 7.85. The summed E-state index contributed by atoms with van der Waals surface area (Å²) in [5, 5.41) is 3.50. The summed E-state index contributed by atoms with van der Waals surface area (Å²) in [6.45, 7) is 3.71. The molecule has 1 aromatic carbocycles. The van der Waals surface area contributed by atoms with Crippen molar-refractivity contribution in [3.8, 4) is 0 Å². The zero-order valence-electron chi connectivity index (χ0n) is 13.2. The second-order valence-electron chi connectivity index (χ2n) is 5.22. The van der Waals surface area contributed by atoms with Crippen molar-refractivity contribution in [2.24, 2.45) is 0 Å². The number of benzene rings is 1. The molecule has 0 unspecified atom stereocenters. The van der Waals surface area contributed by atoms with Gasteiger partial charge in [0, 0.05) is 12.1 Å². The smallest absolute Gasteiger partial charge is 0.331 e. The minimum absolute atomic E-state index is 0.0875. The Morgan fingerprint density at radius 1 is 1.39 bits per heavy atom. The number of esters is 1. The topological polar surface area (TPSA) is 68.3 Å². The molecule has 6 heteroatoms. The average molecular weight is 332 g/mol. The molecule has 0 aliphatic carbocycles. The predicted octanol–water partition coefficient (Wildman–Crippen LogP) is 3.16. The number of amides is 1. The highest BCUT2D eigenvalue weighted by molar-refractivity contribution is 7.19. The molecule has 1 aromatic heterocycles. The fraction of sp³-hybridized carbons (Fsp3) is 0.353. The van der Waals surface area contributed by atoms with Gasteiger partial charge in [0.15, 0.2) is 6.61 Å². The number of thiazole rings is 1. The molecule has 2 aromatic rings. The van der Waals surface area contributed by atoms with Gasteiger partial charge in [0.25, 0.3) is 5.91 Å². The molecule has 5 nitrogen and oxygen atoms in total. The molecule has 0 radical (unpaired) electrons. The zero-order chi connectivity index (χ0) is 16.7. The number of rotatable bonds is 7. The lowest BCUT2D eigenvalue weighted by molar-refractivity contribution is -0.144. The molecule has 1 amide bonds. The first-order chi connectivity index (χ1) is 11.1. The number of hydrogen-bond acceptors (Lipinski definition) is 5. The van der Waals surface area contributed by atoms with Gasteiger partial charge in [-0.1, -0.05) is 25.5 Å². The van der Waals surface area contributed by atoms with Gasteiger partial charge in [-0.25, -0.2) is 9.78 Å². The number of ether oxygens (including phenoxy) is 1. The van der Waals surface area contributed by atoms with Crippen LogP contribution in [-0.4, -0.2) is 29.5 Å². The average Bonchev–Trinajstić information content (AvgIpc) is 2.94. The molecule has 23 heavy (non-hydrogen) atoms. The fourth-order valence-electron chi connectivity index (χ4n) is 2.11. The second kappa shape index (κ2) is 8.43. The van der Waals surface area contributed by atoms with Gasteiger partial charge < -0.3 is 10.1 Å². The Morgan fingerprint density at radius 2 is 2.17 bits per heavy atom. The minimum Gasteiger partial charge on any atom is -0.452 e. The Labute approximate surface area is 139 Å². The summed E-state index contributed by atoms with van der Waals surface area (Å²) in [6.07, 6.45) is 4.79. The van der Waals surface area contributed by atoms with Crippen molar-refractivity contribution in [1.82, 2.24) is 10.3 Å². The number of aromatic nitrogens is 1. The van der Waals surface area contributed by atoms with Crippen LogP contribution in [0.3, 0.4) is 0 Å². The maximum Gasteiger partial charge on any atom is 0.331 e. The molecular weight excluding hydrogens is 312 g/mol. The Morgan fingerprint density at radius 3 is 2.91 bits per heavy atom. The van der Waals surface area contributed by atoms with Crippen LogP contribution in [0.25, 0.3) is 16.3 Å². The molecule has 0 bridgehead atoms. The van der Waals surface area contributed by atoms with Gasteiger partial charge in [-0.3, -0.25) is 4.79 Å². The van der Waals surface area contributed by atoms with E-state index in [9.17, 15) is 9.59 Å². The van der Waals surface area contributed by atoms with Crippen LogP contribution in [0.2, 0.25) is 0 Å². The fourth-order valence-corrected chi connectivity index (χ4v) is 2.98. The van der Waals surface area contributed by atoms with Gasteiger partial charge in [-0.15, -0.1) is 11.3 Å². The van der Waals surface area contributed by atoms with Crippen molar-refractivity contribution in [1.29, 1.82) is 0 Å². The number of fused-ring (bicyclic) bond motifs is 1. The van der Waals surface area contributed by atoms with Crippen LogP contribution >= 0.6 is 11.3 Å². The molecule has 122 valence electrons. The van der Waals surface area contributed by atoms with E-state index in [2.05, 4.69) is 17.2 Å². The lowest BCUT2D eigenvalue weighted by atomic mass is 10.2. The van der Waals surface area contributed by atoms with Crippen molar-refractivity contribution >= 4 is 39.5 Å². The summed E-state index contributed by atoms with van der Waals surface area (Å²) in [5.41, 5.74) is 0.898. The van der Waals surface area contributed by atoms with E-state index < -0.39 is 5.97 Å². The highest BCUT2D eigenvalue weighted by Gasteiger charge is 2.08. The largest absolute Gasteiger partial charge is 0.452 e. The first-order valence-electron chi connectivity index (χ1n) is 7.58. The lowest BCUT2D eigenvalue weighted by Crippen LogP contribution is -2.35. The van der Waals surface area contributed by atoms with Crippen molar-refractivity contribution in [3.63, 3.8) is 0 Å². The van der Waals surface area contributed by atoms with E-state index in [0.29, 0.717) is 0 Å². The van der Waals surface area contributed by atoms with Crippen LogP contribution in [0, 0.1) is 0 Å². The molecule has 2 rings (SSSR count). The van der Waals surface area contributed by atoms with E-state index in [4.69, 9.17) is 4.74 Å². The lowest BCUT2D eigenvalue weighted by Gasteiger charge is -2.12. The van der Waals surface area contributed by atoms with Crippen molar-refractivity contribution < 1.29 is 14.3 Å². The third-order valence-corrected chi connectivity index (χ3v) is 4.15. The molecule has 0 fully saturated rings. The van der Waals surface area contributed by atoms with Crippen molar-refractivity contribution in [2.75, 3.05) is 6.61 Å². The normalized spacial score (nSPS) is 12.4.